The Morgan fingerprint density at radius 2 is 1.77 bits per heavy atom. The van der Waals surface area contributed by atoms with E-state index in [0.29, 0.717) is 0 Å². The van der Waals surface area contributed by atoms with Crippen LogP contribution in [0.15, 0.2) is 59.6 Å². The Hall–Kier alpha value is -2.15. The molecule has 0 atom stereocenters. The maximum Gasteiger partial charge on any atom is 0.0652 e. The van der Waals surface area contributed by atoms with E-state index in [4.69, 9.17) is 4.99 Å². The topological polar surface area (TPSA) is 12.4 Å². The number of nitrogens with zero attached hydrogens (tertiary/aromatic N) is 1. The van der Waals surface area contributed by atoms with Crippen molar-refractivity contribution in [3.8, 4) is 0 Å². The number of aliphatic imine (C=N–C) groups is 1. The van der Waals surface area contributed by atoms with Gasteiger partial charge in [-0.25, -0.2) is 0 Å². The molecule has 0 N–H and O–H groups in total. The third kappa shape index (κ3) is 4.17. The molecule has 1 nitrogen and oxygen atoms in total. The predicted octanol–water partition coefficient (Wildman–Crippen LogP) is 5.61. The van der Waals surface area contributed by atoms with Gasteiger partial charge in [0.2, 0.25) is 0 Å². The van der Waals surface area contributed by atoms with Gasteiger partial charge in [-0.2, -0.15) is 0 Å². The second kappa shape index (κ2) is 7.74. The van der Waals surface area contributed by atoms with Gasteiger partial charge in [0.25, 0.3) is 0 Å². The van der Waals surface area contributed by atoms with Crippen molar-refractivity contribution in [2.75, 3.05) is 6.54 Å². The van der Waals surface area contributed by atoms with Gasteiger partial charge in [-0.1, -0.05) is 55.0 Å². The predicted molar refractivity (Wildman–Crippen MR) is 97.7 cm³/mol. The highest BCUT2D eigenvalue weighted by Crippen LogP contribution is 2.18. The molecule has 0 fully saturated rings. The Morgan fingerprint density at radius 1 is 1.05 bits per heavy atom. The number of benzene rings is 2. The lowest BCUT2D eigenvalue weighted by molar-refractivity contribution is 0.933. The average molecular weight is 291 g/mol. The zero-order chi connectivity index (χ0) is 15.9. The molecule has 0 aliphatic heterocycles. The van der Waals surface area contributed by atoms with Crippen LogP contribution in [0.4, 0.5) is 0 Å². The maximum atomic E-state index is 4.82. The zero-order valence-corrected chi connectivity index (χ0v) is 14.1. The van der Waals surface area contributed by atoms with E-state index in [1.54, 1.807) is 0 Å². The van der Waals surface area contributed by atoms with Gasteiger partial charge in [0.1, 0.15) is 0 Å². The Bertz CT molecular complexity index is 678. The average Bonchev–Trinajstić information content (AvgIpc) is 2.54. The first-order valence-electron chi connectivity index (χ1n) is 7.97. The largest absolute Gasteiger partial charge is 0.285 e. The highest BCUT2D eigenvalue weighted by Gasteiger charge is 2.06. The van der Waals surface area contributed by atoms with E-state index in [2.05, 4.69) is 76.2 Å². The molecule has 0 bridgehead atoms. The van der Waals surface area contributed by atoms with Crippen LogP contribution in [0, 0.1) is 13.8 Å². The molecule has 0 spiro atoms. The van der Waals surface area contributed by atoms with Crippen LogP contribution in [0.3, 0.4) is 0 Å². The summed E-state index contributed by atoms with van der Waals surface area (Å²) in [7, 11) is 0. The molecule has 2 aromatic carbocycles. The van der Waals surface area contributed by atoms with E-state index in [1.807, 2.05) is 6.07 Å². The van der Waals surface area contributed by atoms with Crippen molar-refractivity contribution < 1.29 is 0 Å². The molecular formula is C21H25N. The standard InChI is InChI=1S/C21H25N/c1-5-13-22-21(20-14-16(2)11-12-17(20)3)15-18(4)19-9-7-6-8-10-19/h6-12,14-15H,5,13H2,1-4H3/b18-15+,22-21+. The summed E-state index contributed by atoms with van der Waals surface area (Å²) in [5.41, 5.74) is 7.37. The smallest absolute Gasteiger partial charge is 0.0652 e. The van der Waals surface area contributed by atoms with Crippen LogP contribution >= 0.6 is 0 Å². The lowest BCUT2D eigenvalue weighted by Gasteiger charge is -2.10. The van der Waals surface area contributed by atoms with E-state index in [-0.39, 0.29) is 0 Å². The van der Waals surface area contributed by atoms with Gasteiger partial charge in [-0.05, 0) is 56.0 Å². The summed E-state index contributed by atoms with van der Waals surface area (Å²) in [6.07, 6.45) is 3.28. The Morgan fingerprint density at radius 3 is 2.45 bits per heavy atom. The molecule has 0 aromatic heterocycles. The van der Waals surface area contributed by atoms with Gasteiger partial charge in [-0.3, -0.25) is 4.99 Å². The van der Waals surface area contributed by atoms with E-state index >= 15 is 0 Å². The normalized spacial score (nSPS) is 12.5. The molecule has 0 aliphatic carbocycles. The highest BCUT2D eigenvalue weighted by molar-refractivity contribution is 6.13. The molecule has 0 saturated heterocycles. The van der Waals surface area contributed by atoms with Crippen molar-refractivity contribution in [1.82, 2.24) is 0 Å². The van der Waals surface area contributed by atoms with Crippen LogP contribution in [0.5, 0.6) is 0 Å². The lowest BCUT2D eigenvalue weighted by atomic mass is 9.98. The third-order valence-corrected chi connectivity index (χ3v) is 3.76. The summed E-state index contributed by atoms with van der Waals surface area (Å²) < 4.78 is 0. The summed E-state index contributed by atoms with van der Waals surface area (Å²) in [5, 5.41) is 0. The number of allylic oxidation sites excluding steroid dienone is 2. The minimum atomic E-state index is 0.862. The van der Waals surface area contributed by atoms with Crippen LogP contribution in [0.1, 0.15) is 42.5 Å². The second-order valence-corrected chi connectivity index (χ2v) is 5.78. The first-order chi connectivity index (χ1) is 10.6. The molecule has 0 unspecified atom stereocenters. The minimum absolute atomic E-state index is 0.862. The third-order valence-electron chi connectivity index (χ3n) is 3.76. The maximum absolute atomic E-state index is 4.82. The Kier molecular flexibility index (Phi) is 5.71. The van der Waals surface area contributed by atoms with E-state index in [0.717, 1.165) is 18.7 Å². The van der Waals surface area contributed by atoms with Crippen molar-refractivity contribution in [3.63, 3.8) is 0 Å². The van der Waals surface area contributed by atoms with Gasteiger partial charge < -0.3 is 0 Å². The number of hydrogen-bond acceptors (Lipinski definition) is 1. The number of rotatable bonds is 5. The summed E-state index contributed by atoms with van der Waals surface area (Å²) in [5.74, 6) is 0. The summed E-state index contributed by atoms with van der Waals surface area (Å²) in [6, 6.07) is 17.1. The van der Waals surface area contributed by atoms with Crippen LogP contribution in [0.2, 0.25) is 0 Å². The van der Waals surface area contributed by atoms with Crippen molar-refractivity contribution in [2.45, 2.75) is 34.1 Å². The fraction of sp³-hybridized carbons (Fsp3) is 0.286. The molecule has 0 aliphatic rings. The summed E-state index contributed by atoms with van der Waals surface area (Å²) >= 11 is 0. The van der Waals surface area contributed by atoms with E-state index in [9.17, 15) is 0 Å². The fourth-order valence-corrected chi connectivity index (χ4v) is 2.44. The van der Waals surface area contributed by atoms with Crippen LogP contribution in [-0.2, 0) is 0 Å². The first kappa shape index (κ1) is 16.2. The van der Waals surface area contributed by atoms with Gasteiger partial charge in [-0.15, -0.1) is 0 Å². The monoisotopic (exact) mass is 291 g/mol. The van der Waals surface area contributed by atoms with Gasteiger partial charge >= 0.3 is 0 Å². The molecule has 0 radical (unpaired) electrons. The van der Waals surface area contributed by atoms with Crippen molar-refractivity contribution in [3.05, 3.63) is 76.9 Å². The zero-order valence-electron chi connectivity index (χ0n) is 14.1. The number of hydrogen-bond donors (Lipinski definition) is 0. The molecule has 22 heavy (non-hydrogen) atoms. The molecule has 2 rings (SSSR count). The van der Waals surface area contributed by atoms with Crippen LogP contribution < -0.4 is 0 Å². The summed E-state index contributed by atoms with van der Waals surface area (Å²) in [4.78, 5) is 4.82. The van der Waals surface area contributed by atoms with Crippen molar-refractivity contribution in [2.24, 2.45) is 4.99 Å². The Balaban J connectivity index is 2.45. The molecule has 0 amide bonds. The van der Waals surface area contributed by atoms with Crippen molar-refractivity contribution >= 4 is 11.3 Å². The van der Waals surface area contributed by atoms with Crippen molar-refractivity contribution in [1.29, 1.82) is 0 Å². The minimum Gasteiger partial charge on any atom is -0.285 e. The van der Waals surface area contributed by atoms with Gasteiger partial charge in [0.05, 0.1) is 5.71 Å². The second-order valence-electron chi connectivity index (χ2n) is 5.78. The van der Waals surface area contributed by atoms with E-state index in [1.165, 1.54) is 27.8 Å². The first-order valence-corrected chi connectivity index (χ1v) is 7.97. The molecule has 114 valence electrons. The van der Waals surface area contributed by atoms with E-state index < -0.39 is 0 Å². The lowest BCUT2D eigenvalue weighted by Crippen LogP contribution is -2.03. The van der Waals surface area contributed by atoms with Crippen LogP contribution in [0.25, 0.3) is 5.57 Å². The quantitative estimate of drug-likeness (QED) is 0.635. The highest BCUT2D eigenvalue weighted by atomic mass is 14.7. The Labute approximate surface area is 134 Å². The molecule has 2 aromatic rings. The van der Waals surface area contributed by atoms with Gasteiger partial charge in [0.15, 0.2) is 0 Å². The number of aryl methyl sites for hydroxylation is 2. The SMILES string of the molecule is CCC/N=C(\C=C(/C)c1ccccc1)c1cc(C)ccc1C. The van der Waals surface area contributed by atoms with Crippen LogP contribution in [-0.4, -0.2) is 12.3 Å². The molecule has 0 saturated carbocycles. The fourth-order valence-electron chi connectivity index (χ4n) is 2.44. The molecular weight excluding hydrogens is 266 g/mol. The summed E-state index contributed by atoms with van der Waals surface area (Å²) in [6.45, 7) is 9.47. The molecule has 0 heterocycles. The molecule has 1 heteroatoms. The van der Waals surface area contributed by atoms with Gasteiger partial charge in [0, 0.05) is 12.1 Å².